The number of rotatable bonds is 22. The SMILES string of the molecule is CCCCCCCCC=CCCCCCCCC(=O)OCC(C(O)O[SiH](c1ccccc1)c1ccccc1)C(C)(C)C. The minimum Gasteiger partial charge on any atom is -0.465 e. The fourth-order valence-electron chi connectivity index (χ4n) is 5.19. The van der Waals surface area contributed by atoms with Crippen LogP contribution in [-0.4, -0.2) is 33.0 Å². The minimum atomic E-state index is -2.13. The van der Waals surface area contributed by atoms with E-state index in [1.54, 1.807) is 0 Å². The zero-order valence-electron chi connectivity index (χ0n) is 26.9. The van der Waals surface area contributed by atoms with E-state index < -0.39 is 15.3 Å². The summed E-state index contributed by atoms with van der Waals surface area (Å²) in [5.41, 5.74) is -0.297. The van der Waals surface area contributed by atoms with E-state index in [1.165, 1.54) is 57.8 Å². The molecule has 0 bridgehead atoms. The van der Waals surface area contributed by atoms with E-state index in [1.807, 2.05) is 36.4 Å². The van der Waals surface area contributed by atoms with E-state index in [0.717, 1.165) is 36.1 Å². The van der Waals surface area contributed by atoms with Gasteiger partial charge in [0.25, 0.3) is 0 Å². The molecule has 0 amide bonds. The molecule has 0 aromatic heterocycles. The summed E-state index contributed by atoms with van der Waals surface area (Å²) in [5.74, 6) is -0.521. The number of hydrogen-bond acceptors (Lipinski definition) is 4. The molecule has 0 aliphatic rings. The number of esters is 1. The Morgan fingerprint density at radius 3 is 1.74 bits per heavy atom. The molecule has 5 heteroatoms. The number of allylic oxidation sites excluding steroid dienone is 2. The second-order valence-electron chi connectivity index (χ2n) is 12.7. The molecule has 2 aromatic rings. The first-order chi connectivity index (χ1) is 20.3. The molecular weight excluding hydrogens is 536 g/mol. The van der Waals surface area contributed by atoms with Gasteiger partial charge in [-0.2, -0.15) is 0 Å². The van der Waals surface area contributed by atoms with Crippen LogP contribution in [0.15, 0.2) is 72.8 Å². The monoisotopic (exact) mass is 594 g/mol. The fraction of sp³-hybridized carbons (Fsp3) is 0.595. The van der Waals surface area contributed by atoms with E-state index in [9.17, 15) is 9.90 Å². The summed E-state index contributed by atoms with van der Waals surface area (Å²) < 4.78 is 12.1. The Kier molecular flexibility index (Phi) is 18.4. The molecule has 2 rings (SSSR count). The maximum Gasteiger partial charge on any atom is 0.305 e. The Morgan fingerprint density at radius 1 is 0.762 bits per heavy atom. The smallest absolute Gasteiger partial charge is 0.305 e. The van der Waals surface area contributed by atoms with Crippen LogP contribution in [0, 0.1) is 11.3 Å². The lowest BCUT2D eigenvalue weighted by Gasteiger charge is -2.35. The molecular formula is C37H58O4Si. The first-order valence-corrected chi connectivity index (χ1v) is 18.2. The van der Waals surface area contributed by atoms with Crippen LogP contribution in [0.2, 0.25) is 0 Å². The third kappa shape index (κ3) is 15.3. The van der Waals surface area contributed by atoms with Crippen molar-refractivity contribution in [2.75, 3.05) is 6.61 Å². The third-order valence-electron chi connectivity index (χ3n) is 8.00. The molecule has 0 fully saturated rings. The van der Waals surface area contributed by atoms with Crippen molar-refractivity contribution in [2.45, 2.75) is 124 Å². The number of ether oxygens (including phenoxy) is 1. The Balaban J connectivity index is 1.68. The molecule has 42 heavy (non-hydrogen) atoms. The van der Waals surface area contributed by atoms with E-state index in [0.29, 0.717) is 6.42 Å². The molecule has 0 saturated carbocycles. The lowest BCUT2D eigenvalue weighted by atomic mass is 9.81. The van der Waals surface area contributed by atoms with Crippen LogP contribution in [0.1, 0.15) is 118 Å². The predicted molar refractivity (Wildman–Crippen MR) is 180 cm³/mol. The number of carbonyl (C=O) groups excluding carboxylic acids is 1. The van der Waals surface area contributed by atoms with Crippen molar-refractivity contribution in [3.05, 3.63) is 72.8 Å². The summed E-state index contributed by atoms with van der Waals surface area (Å²) in [6, 6.07) is 20.3. The summed E-state index contributed by atoms with van der Waals surface area (Å²) in [6.45, 7) is 8.59. The summed E-state index contributed by atoms with van der Waals surface area (Å²) >= 11 is 0. The summed E-state index contributed by atoms with van der Waals surface area (Å²) in [7, 11) is -2.13. The van der Waals surface area contributed by atoms with Gasteiger partial charge in [-0.1, -0.05) is 152 Å². The Hall–Kier alpha value is -2.21. The van der Waals surface area contributed by atoms with Crippen molar-refractivity contribution < 1.29 is 19.1 Å². The van der Waals surface area contributed by atoms with Crippen molar-refractivity contribution in [2.24, 2.45) is 11.3 Å². The number of hydrogen-bond donors (Lipinski definition) is 1. The van der Waals surface area contributed by atoms with Gasteiger partial charge in [-0.15, -0.1) is 0 Å². The molecule has 0 spiro atoms. The van der Waals surface area contributed by atoms with Gasteiger partial charge in [0, 0.05) is 12.3 Å². The average molecular weight is 595 g/mol. The van der Waals surface area contributed by atoms with Crippen LogP contribution in [0.25, 0.3) is 0 Å². The highest BCUT2D eigenvalue weighted by Gasteiger charge is 2.35. The molecule has 4 nitrogen and oxygen atoms in total. The number of benzene rings is 2. The number of aliphatic hydroxyl groups is 1. The largest absolute Gasteiger partial charge is 0.465 e. The zero-order chi connectivity index (χ0) is 30.5. The standard InChI is InChI=1S/C37H58O4Si/c1-5-6-7-8-9-10-11-12-13-14-15-16-17-18-25-30-35(38)40-31-34(37(2,3)4)36(39)41-42(32-26-21-19-22-27-32)33-28-23-20-24-29-33/h12-13,19-24,26-29,34,36,39,42H,5-11,14-18,25,30-31H2,1-4H3. The molecule has 0 aliphatic heterocycles. The molecule has 2 aromatic carbocycles. The van der Waals surface area contributed by atoms with Crippen molar-refractivity contribution in [1.82, 2.24) is 0 Å². The Labute approximate surface area is 258 Å². The quantitative estimate of drug-likeness (QED) is 0.0492. The zero-order valence-corrected chi connectivity index (χ0v) is 28.1. The van der Waals surface area contributed by atoms with Gasteiger partial charge in [0.05, 0.1) is 6.61 Å². The van der Waals surface area contributed by atoms with Crippen molar-refractivity contribution in [3.63, 3.8) is 0 Å². The minimum absolute atomic E-state index is 0.152. The molecule has 0 aliphatic carbocycles. The Bertz CT molecular complexity index is 931. The normalized spacial score (nSPS) is 13.5. The van der Waals surface area contributed by atoms with E-state index >= 15 is 0 Å². The van der Waals surface area contributed by atoms with Crippen molar-refractivity contribution in [3.8, 4) is 0 Å². The molecule has 0 saturated heterocycles. The van der Waals surface area contributed by atoms with E-state index in [4.69, 9.17) is 9.16 Å². The molecule has 234 valence electrons. The molecule has 2 unspecified atom stereocenters. The van der Waals surface area contributed by atoms with Gasteiger partial charge in [0.2, 0.25) is 9.04 Å². The highest BCUT2D eigenvalue weighted by molar-refractivity contribution is 6.80. The second kappa shape index (κ2) is 21.5. The first kappa shape index (κ1) is 36.0. The van der Waals surface area contributed by atoms with Gasteiger partial charge >= 0.3 is 5.97 Å². The number of aliphatic hydroxyl groups excluding tert-OH is 1. The van der Waals surface area contributed by atoms with E-state index in [-0.39, 0.29) is 23.9 Å². The van der Waals surface area contributed by atoms with Crippen LogP contribution in [0.4, 0.5) is 0 Å². The molecule has 1 N–H and O–H groups in total. The van der Waals surface area contributed by atoms with Crippen LogP contribution in [0.3, 0.4) is 0 Å². The van der Waals surface area contributed by atoms with Gasteiger partial charge in [0.15, 0.2) is 6.29 Å². The second-order valence-corrected chi connectivity index (χ2v) is 15.1. The highest BCUT2D eigenvalue weighted by Crippen LogP contribution is 2.30. The van der Waals surface area contributed by atoms with Crippen LogP contribution in [-0.2, 0) is 14.0 Å². The van der Waals surface area contributed by atoms with E-state index in [2.05, 4.69) is 64.1 Å². The number of unbranched alkanes of at least 4 members (excludes halogenated alkanes) is 11. The van der Waals surface area contributed by atoms with Crippen LogP contribution >= 0.6 is 0 Å². The maximum atomic E-state index is 12.6. The van der Waals surface area contributed by atoms with Crippen molar-refractivity contribution >= 4 is 25.4 Å². The molecule has 0 radical (unpaired) electrons. The predicted octanol–water partition coefficient (Wildman–Crippen LogP) is 8.10. The first-order valence-electron chi connectivity index (χ1n) is 16.6. The summed E-state index contributed by atoms with van der Waals surface area (Å²) in [5, 5.41) is 13.5. The Morgan fingerprint density at radius 2 is 1.24 bits per heavy atom. The van der Waals surface area contributed by atoms with Gasteiger partial charge < -0.3 is 14.3 Å². The lowest BCUT2D eigenvalue weighted by Crippen LogP contribution is -2.50. The molecule has 2 atom stereocenters. The third-order valence-corrected chi connectivity index (χ3v) is 10.5. The highest BCUT2D eigenvalue weighted by atomic mass is 28.3. The van der Waals surface area contributed by atoms with Gasteiger partial charge in [-0.05, 0) is 47.9 Å². The lowest BCUT2D eigenvalue weighted by molar-refractivity contribution is -0.156. The van der Waals surface area contributed by atoms with Crippen LogP contribution in [0.5, 0.6) is 0 Å². The average Bonchev–Trinajstić information content (AvgIpc) is 2.98. The fourth-order valence-corrected chi connectivity index (χ4v) is 7.51. The molecule has 0 heterocycles. The summed E-state index contributed by atoms with van der Waals surface area (Å²) in [6.07, 6.45) is 20.1. The van der Waals surface area contributed by atoms with Crippen LogP contribution < -0.4 is 10.4 Å². The topological polar surface area (TPSA) is 55.8 Å². The van der Waals surface area contributed by atoms with Gasteiger partial charge in [-0.3, -0.25) is 4.79 Å². The van der Waals surface area contributed by atoms with Gasteiger partial charge in [-0.25, -0.2) is 0 Å². The maximum absolute atomic E-state index is 12.6. The van der Waals surface area contributed by atoms with Crippen molar-refractivity contribution in [1.29, 1.82) is 0 Å². The summed E-state index contributed by atoms with van der Waals surface area (Å²) in [4.78, 5) is 12.6. The van der Waals surface area contributed by atoms with Gasteiger partial charge in [0.1, 0.15) is 0 Å². The number of carbonyl (C=O) groups is 1.